The van der Waals surface area contributed by atoms with Crippen LogP contribution in [0.3, 0.4) is 0 Å². The van der Waals surface area contributed by atoms with Crippen molar-refractivity contribution in [2.75, 3.05) is 6.61 Å². The maximum absolute atomic E-state index is 11.5. The Labute approximate surface area is 100 Å². The minimum Gasteiger partial charge on any atom is -0.394 e. The summed E-state index contributed by atoms with van der Waals surface area (Å²) in [6.45, 7) is -0.596. The van der Waals surface area contributed by atoms with E-state index in [1.807, 2.05) is 0 Å². The Balaban J connectivity index is 2.57. The van der Waals surface area contributed by atoms with Crippen molar-refractivity contribution in [3.63, 3.8) is 0 Å². The number of fused-ring (bicyclic) bond motifs is 1. The number of aliphatic hydroxyl groups is 3. The summed E-state index contributed by atoms with van der Waals surface area (Å²) in [4.78, 5) is 27.1. The molecule has 0 bridgehead atoms. The van der Waals surface area contributed by atoms with Gasteiger partial charge in [-0.2, -0.15) is 0 Å². The second-order valence-electron chi connectivity index (χ2n) is 3.91. The lowest BCUT2D eigenvalue weighted by atomic mass is 10.0. The van der Waals surface area contributed by atoms with E-state index < -0.39 is 30.1 Å². The van der Waals surface area contributed by atoms with Crippen molar-refractivity contribution < 1.29 is 15.3 Å². The molecule has 0 fully saturated rings. The van der Waals surface area contributed by atoms with Crippen molar-refractivity contribution in [1.29, 1.82) is 0 Å². The lowest BCUT2D eigenvalue weighted by molar-refractivity contribution is -0.0152. The van der Waals surface area contributed by atoms with E-state index in [4.69, 9.17) is 5.11 Å². The molecule has 7 nitrogen and oxygen atoms in total. The van der Waals surface area contributed by atoms with Gasteiger partial charge in [0, 0.05) is 0 Å². The number of hydrogen-bond acceptors (Lipinski definition) is 5. The number of hydrogen-bond donors (Lipinski definition) is 5. The second kappa shape index (κ2) is 4.73. The van der Waals surface area contributed by atoms with Crippen LogP contribution in [0.25, 0.3) is 10.9 Å². The van der Waals surface area contributed by atoms with E-state index in [-0.39, 0.29) is 10.9 Å². The molecule has 0 aliphatic carbocycles. The third kappa shape index (κ3) is 2.19. The van der Waals surface area contributed by atoms with Crippen molar-refractivity contribution in [2.24, 2.45) is 0 Å². The first kappa shape index (κ1) is 12.5. The Bertz CT molecular complexity index is 675. The quantitative estimate of drug-likeness (QED) is 0.459. The minimum absolute atomic E-state index is 0.191. The lowest BCUT2D eigenvalue weighted by Gasteiger charge is -2.15. The second-order valence-corrected chi connectivity index (χ2v) is 3.91. The molecule has 0 spiro atoms. The van der Waals surface area contributed by atoms with E-state index in [0.717, 1.165) is 0 Å². The van der Waals surface area contributed by atoms with Crippen LogP contribution in [0.1, 0.15) is 11.7 Å². The first-order valence-corrected chi connectivity index (χ1v) is 5.26. The summed E-state index contributed by atoms with van der Waals surface area (Å²) in [5.41, 5.74) is -0.586. The molecule has 1 aromatic carbocycles. The molecule has 96 valence electrons. The van der Waals surface area contributed by atoms with Gasteiger partial charge in [0.2, 0.25) is 0 Å². The Morgan fingerprint density at radius 1 is 1.17 bits per heavy atom. The van der Waals surface area contributed by atoms with Gasteiger partial charge in [-0.05, 0) is 17.7 Å². The van der Waals surface area contributed by atoms with Crippen LogP contribution in [0.15, 0.2) is 27.8 Å². The topological polar surface area (TPSA) is 126 Å². The van der Waals surface area contributed by atoms with Gasteiger partial charge >= 0.3 is 5.69 Å². The van der Waals surface area contributed by atoms with Gasteiger partial charge in [0.25, 0.3) is 5.56 Å². The largest absolute Gasteiger partial charge is 0.394 e. The number of aliphatic hydroxyl groups excluding tert-OH is 3. The van der Waals surface area contributed by atoms with Crippen LogP contribution in [-0.4, -0.2) is 38.0 Å². The summed E-state index contributed by atoms with van der Waals surface area (Å²) in [5, 5.41) is 28.0. The number of H-pyrrole nitrogens is 2. The maximum Gasteiger partial charge on any atom is 0.326 e. The van der Waals surface area contributed by atoms with Gasteiger partial charge in [-0.25, -0.2) is 4.79 Å². The van der Waals surface area contributed by atoms with E-state index in [9.17, 15) is 19.8 Å². The van der Waals surface area contributed by atoms with Gasteiger partial charge in [0.1, 0.15) is 12.2 Å². The van der Waals surface area contributed by atoms with Gasteiger partial charge in [0.05, 0.1) is 17.5 Å². The minimum atomic E-state index is -1.33. The smallest absolute Gasteiger partial charge is 0.326 e. The lowest BCUT2D eigenvalue weighted by Crippen LogP contribution is -2.24. The Kier molecular flexibility index (Phi) is 3.28. The standard InChI is InChI=1S/C11H12N2O5/c14-4-8(15)9(16)5-1-2-7-6(3-5)10(17)13-11(18)12-7/h1-3,8-9,14-16H,4H2,(H2,12,13,17,18). The third-order valence-corrected chi connectivity index (χ3v) is 2.66. The average Bonchev–Trinajstić information content (AvgIpc) is 2.36. The molecule has 0 amide bonds. The monoisotopic (exact) mass is 252 g/mol. The van der Waals surface area contributed by atoms with Crippen LogP contribution < -0.4 is 11.2 Å². The van der Waals surface area contributed by atoms with Gasteiger partial charge in [0.15, 0.2) is 0 Å². The van der Waals surface area contributed by atoms with Gasteiger partial charge in [-0.1, -0.05) is 6.07 Å². The SMILES string of the molecule is O=c1[nH]c(=O)c2cc(C(O)C(O)CO)ccc2[nH]1. The number of aromatic amines is 2. The number of nitrogens with one attached hydrogen (secondary N) is 2. The summed E-state index contributed by atoms with van der Waals surface area (Å²) >= 11 is 0. The van der Waals surface area contributed by atoms with Crippen molar-refractivity contribution in [3.05, 3.63) is 44.6 Å². The molecule has 0 saturated carbocycles. The fraction of sp³-hybridized carbons (Fsp3) is 0.273. The Hall–Kier alpha value is -1.96. The zero-order valence-electron chi connectivity index (χ0n) is 9.25. The normalized spacial score (nSPS) is 14.6. The van der Waals surface area contributed by atoms with Crippen LogP contribution in [0, 0.1) is 0 Å². The number of benzene rings is 1. The molecule has 5 N–H and O–H groups in total. The van der Waals surface area contributed by atoms with Crippen molar-refractivity contribution >= 4 is 10.9 Å². The molecule has 1 aromatic heterocycles. The first-order chi connectivity index (χ1) is 8.52. The average molecular weight is 252 g/mol. The summed E-state index contributed by atoms with van der Waals surface area (Å²) in [5.74, 6) is 0. The number of rotatable bonds is 3. The molecule has 18 heavy (non-hydrogen) atoms. The summed E-state index contributed by atoms with van der Waals surface area (Å²) in [6.07, 6.45) is -2.63. The molecular formula is C11H12N2O5. The van der Waals surface area contributed by atoms with E-state index in [1.54, 1.807) is 0 Å². The fourth-order valence-electron chi connectivity index (χ4n) is 1.69. The molecule has 0 aliphatic rings. The highest BCUT2D eigenvalue weighted by Crippen LogP contribution is 2.19. The van der Waals surface area contributed by atoms with E-state index in [1.165, 1.54) is 18.2 Å². The molecule has 1 heterocycles. The highest BCUT2D eigenvalue weighted by atomic mass is 16.4. The molecule has 0 saturated heterocycles. The molecule has 0 radical (unpaired) electrons. The predicted molar refractivity (Wildman–Crippen MR) is 63.2 cm³/mol. The number of aromatic nitrogens is 2. The van der Waals surface area contributed by atoms with Crippen molar-refractivity contribution in [1.82, 2.24) is 9.97 Å². The Morgan fingerprint density at radius 2 is 1.89 bits per heavy atom. The highest BCUT2D eigenvalue weighted by Gasteiger charge is 2.18. The molecule has 2 rings (SSSR count). The molecule has 0 aliphatic heterocycles. The zero-order chi connectivity index (χ0) is 13.3. The van der Waals surface area contributed by atoms with Gasteiger partial charge in [-0.15, -0.1) is 0 Å². The van der Waals surface area contributed by atoms with Crippen LogP contribution >= 0.6 is 0 Å². The van der Waals surface area contributed by atoms with E-state index in [2.05, 4.69) is 9.97 Å². The molecule has 2 aromatic rings. The summed E-state index contributed by atoms with van der Waals surface area (Å²) < 4.78 is 0. The first-order valence-electron chi connectivity index (χ1n) is 5.26. The van der Waals surface area contributed by atoms with Crippen LogP contribution in [-0.2, 0) is 0 Å². The maximum atomic E-state index is 11.5. The van der Waals surface area contributed by atoms with Crippen LogP contribution in [0.2, 0.25) is 0 Å². The zero-order valence-corrected chi connectivity index (χ0v) is 9.25. The van der Waals surface area contributed by atoms with Crippen LogP contribution in [0.5, 0.6) is 0 Å². The van der Waals surface area contributed by atoms with E-state index >= 15 is 0 Å². The van der Waals surface area contributed by atoms with Crippen LogP contribution in [0.4, 0.5) is 0 Å². The summed E-state index contributed by atoms with van der Waals surface area (Å²) in [7, 11) is 0. The van der Waals surface area contributed by atoms with Gasteiger partial charge < -0.3 is 20.3 Å². The molecule has 2 atom stereocenters. The molecule has 7 heteroatoms. The highest BCUT2D eigenvalue weighted by molar-refractivity contribution is 5.77. The molecule has 2 unspecified atom stereocenters. The van der Waals surface area contributed by atoms with Crippen molar-refractivity contribution in [3.8, 4) is 0 Å². The summed E-state index contributed by atoms with van der Waals surface area (Å²) in [6, 6.07) is 4.27. The van der Waals surface area contributed by atoms with Gasteiger partial charge in [-0.3, -0.25) is 9.78 Å². The Morgan fingerprint density at radius 3 is 2.56 bits per heavy atom. The third-order valence-electron chi connectivity index (χ3n) is 2.66. The predicted octanol–water partition coefficient (Wildman–Crippen LogP) is -1.40. The van der Waals surface area contributed by atoms with Crippen molar-refractivity contribution in [2.45, 2.75) is 12.2 Å². The fourth-order valence-corrected chi connectivity index (χ4v) is 1.69. The molecular weight excluding hydrogens is 240 g/mol. The van der Waals surface area contributed by atoms with E-state index in [0.29, 0.717) is 5.52 Å².